The maximum absolute atomic E-state index is 14.3. The number of aromatic nitrogens is 2. The minimum Gasteiger partial charge on any atom is -0.339 e. The lowest BCUT2D eigenvalue weighted by Crippen LogP contribution is -2.51. The Bertz CT molecular complexity index is 1270. The van der Waals surface area contributed by atoms with Crippen molar-refractivity contribution in [2.45, 2.75) is 44.4 Å². The van der Waals surface area contributed by atoms with Crippen molar-refractivity contribution in [3.8, 4) is 17.5 Å². The van der Waals surface area contributed by atoms with Crippen LogP contribution in [0.1, 0.15) is 55.0 Å². The molecular formula is C28H29F2N5O2. The molecule has 0 radical (unpaired) electrons. The van der Waals surface area contributed by atoms with Gasteiger partial charge >= 0.3 is 6.03 Å². The molecule has 0 saturated carbocycles. The molecule has 0 N–H and O–H groups in total. The van der Waals surface area contributed by atoms with Gasteiger partial charge in [0, 0.05) is 38.0 Å². The number of benzene rings is 2. The Balaban J connectivity index is 1.42. The van der Waals surface area contributed by atoms with E-state index in [2.05, 4.69) is 47.4 Å². The summed E-state index contributed by atoms with van der Waals surface area (Å²) in [7, 11) is 0. The lowest BCUT2D eigenvalue weighted by Gasteiger charge is -2.40. The fourth-order valence-corrected chi connectivity index (χ4v) is 5.32. The number of aryl methyl sites for hydroxylation is 1. The van der Waals surface area contributed by atoms with Crippen LogP contribution in [0.25, 0.3) is 11.4 Å². The van der Waals surface area contributed by atoms with Crippen molar-refractivity contribution >= 4 is 6.03 Å². The third-order valence-electron chi connectivity index (χ3n) is 7.51. The largest absolute Gasteiger partial charge is 0.339 e. The number of halogens is 2. The standard InChI is InChI=1S/C28H29F2N5O2/c1-2-18-6-8-20(9-7-18)21-14-22(17-35(16-21)28(36)34-12-10-19(15-31)11-13-34)27-32-26(33-37-27)25-23(29)4-3-5-24(25)30/h3-9,19,21-22H,2,10-14,16-17H2,1H3. The predicted octanol–water partition coefficient (Wildman–Crippen LogP) is 5.51. The summed E-state index contributed by atoms with van der Waals surface area (Å²) in [6.07, 6.45) is 2.94. The van der Waals surface area contributed by atoms with Crippen LogP contribution in [0.3, 0.4) is 0 Å². The fraction of sp³-hybridized carbons (Fsp3) is 0.429. The molecule has 2 aliphatic heterocycles. The number of urea groups is 1. The smallest absolute Gasteiger partial charge is 0.320 e. The minimum atomic E-state index is -0.762. The van der Waals surface area contributed by atoms with Gasteiger partial charge in [-0.3, -0.25) is 0 Å². The molecule has 0 bridgehead atoms. The van der Waals surface area contributed by atoms with E-state index < -0.39 is 11.6 Å². The van der Waals surface area contributed by atoms with Gasteiger partial charge in [-0.15, -0.1) is 0 Å². The van der Waals surface area contributed by atoms with Gasteiger partial charge in [-0.05, 0) is 48.9 Å². The zero-order chi connectivity index (χ0) is 25.9. The van der Waals surface area contributed by atoms with Gasteiger partial charge in [-0.2, -0.15) is 10.2 Å². The van der Waals surface area contributed by atoms with Gasteiger partial charge in [0.05, 0.1) is 17.6 Å². The average molecular weight is 506 g/mol. The van der Waals surface area contributed by atoms with E-state index in [0.29, 0.717) is 45.4 Å². The van der Waals surface area contributed by atoms with Crippen LogP contribution < -0.4 is 0 Å². The molecule has 3 aromatic rings. The molecule has 37 heavy (non-hydrogen) atoms. The quantitative estimate of drug-likeness (QED) is 0.467. The van der Waals surface area contributed by atoms with Gasteiger partial charge in [0.25, 0.3) is 0 Å². The van der Waals surface area contributed by atoms with Crippen molar-refractivity contribution in [1.82, 2.24) is 19.9 Å². The summed E-state index contributed by atoms with van der Waals surface area (Å²) in [5.74, 6) is -1.68. The normalized spacial score (nSPS) is 20.6. The van der Waals surface area contributed by atoms with Crippen LogP contribution in [0.4, 0.5) is 13.6 Å². The summed E-state index contributed by atoms with van der Waals surface area (Å²) in [5, 5.41) is 13.1. The maximum atomic E-state index is 14.3. The van der Waals surface area contributed by atoms with Gasteiger partial charge in [-0.25, -0.2) is 13.6 Å². The van der Waals surface area contributed by atoms with Crippen LogP contribution >= 0.6 is 0 Å². The second-order valence-corrected chi connectivity index (χ2v) is 9.86. The number of nitrogens with zero attached hydrogens (tertiary/aromatic N) is 5. The summed E-state index contributed by atoms with van der Waals surface area (Å²) >= 11 is 0. The van der Waals surface area contributed by atoms with E-state index in [1.54, 1.807) is 4.90 Å². The highest BCUT2D eigenvalue weighted by Crippen LogP contribution is 2.37. The van der Waals surface area contributed by atoms with Crippen molar-refractivity contribution in [1.29, 1.82) is 5.26 Å². The molecule has 2 saturated heterocycles. The number of hydrogen-bond donors (Lipinski definition) is 0. The molecule has 5 rings (SSSR count). The second-order valence-electron chi connectivity index (χ2n) is 9.86. The number of hydrogen-bond acceptors (Lipinski definition) is 5. The van der Waals surface area contributed by atoms with Gasteiger partial charge in [0.15, 0.2) is 0 Å². The summed E-state index contributed by atoms with van der Waals surface area (Å²) < 4.78 is 34.1. The number of amides is 2. The SMILES string of the molecule is CCc1ccc(C2CC(c3nc(-c4c(F)cccc4F)no3)CN(C(=O)N3CCC(C#N)CC3)C2)cc1. The molecule has 2 aliphatic rings. The van der Waals surface area contributed by atoms with Crippen LogP contribution in [0.5, 0.6) is 0 Å². The Morgan fingerprint density at radius 2 is 1.73 bits per heavy atom. The van der Waals surface area contributed by atoms with Crippen molar-refractivity contribution in [3.05, 3.63) is 71.1 Å². The van der Waals surface area contributed by atoms with Gasteiger partial charge < -0.3 is 14.3 Å². The van der Waals surface area contributed by atoms with Gasteiger partial charge in [0.2, 0.25) is 11.7 Å². The second kappa shape index (κ2) is 10.7. The number of piperidine rings is 2. The van der Waals surface area contributed by atoms with E-state index in [1.807, 2.05) is 4.90 Å². The van der Waals surface area contributed by atoms with Crippen LogP contribution in [-0.2, 0) is 6.42 Å². The Hall–Kier alpha value is -3.80. The zero-order valence-corrected chi connectivity index (χ0v) is 20.7. The summed E-state index contributed by atoms with van der Waals surface area (Å²) in [6, 6.07) is 14.2. The van der Waals surface area contributed by atoms with Crippen LogP contribution in [0.2, 0.25) is 0 Å². The zero-order valence-electron chi connectivity index (χ0n) is 20.7. The lowest BCUT2D eigenvalue weighted by atomic mass is 9.84. The van der Waals surface area contributed by atoms with Crippen molar-refractivity contribution < 1.29 is 18.1 Å². The first-order valence-electron chi connectivity index (χ1n) is 12.8. The lowest BCUT2D eigenvalue weighted by molar-refractivity contribution is 0.116. The molecule has 2 atom stereocenters. The molecule has 0 aliphatic carbocycles. The van der Waals surface area contributed by atoms with Gasteiger partial charge in [-0.1, -0.05) is 42.4 Å². The Kier molecular flexibility index (Phi) is 7.17. The van der Waals surface area contributed by atoms with Crippen LogP contribution in [-0.4, -0.2) is 52.2 Å². The highest BCUT2D eigenvalue weighted by Gasteiger charge is 2.37. The maximum Gasteiger partial charge on any atom is 0.320 e. The molecule has 9 heteroatoms. The molecule has 7 nitrogen and oxygen atoms in total. The monoisotopic (exact) mass is 505 g/mol. The number of carbonyl (C=O) groups is 1. The van der Waals surface area contributed by atoms with E-state index in [1.165, 1.54) is 11.6 Å². The first-order chi connectivity index (χ1) is 18.0. The van der Waals surface area contributed by atoms with Gasteiger partial charge in [0.1, 0.15) is 11.6 Å². The Morgan fingerprint density at radius 1 is 1.05 bits per heavy atom. The van der Waals surface area contributed by atoms with E-state index in [9.17, 15) is 18.8 Å². The summed E-state index contributed by atoms with van der Waals surface area (Å²) in [4.78, 5) is 21.5. The van der Waals surface area contributed by atoms with E-state index in [-0.39, 0.29) is 41.1 Å². The van der Waals surface area contributed by atoms with Crippen molar-refractivity contribution in [3.63, 3.8) is 0 Å². The highest BCUT2D eigenvalue weighted by molar-refractivity contribution is 5.75. The third-order valence-corrected chi connectivity index (χ3v) is 7.51. The third kappa shape index (κ3) is 5.19. The highest BCUT2D eigenvalue weighted by atomic mass is 19.1. The van der Waals surface area contributed by atoms with Crippen molar-refractivity contribution in [2.24, 2.45) is 5.92 Å². The summed E-state index contributed by atoms with van der Waals surface area (Å²) in [6.45, 7) is 4.10. The number of likely N-dealkylation sites (tertiary alicyclic amines) is 2. The molecule has 2 amide bonds. The molecule has 2 unspecified atom stereocenters. The molecule has 2 fully saturated rings. The molecule has 2 aromatic carbocycles. The first kappa shape index (κ1) is 24.9. The minimum absolute atomic E-state index is 0.0152. The Morgan fingerprint density at radius 3 is 2.38 bits per heavy atom. The predicted molar refractivity (Wildman–Crippen MR) is 132 cm³/mol. The molecule has 0 spiro atoms. The molecule has 192 valence electrons. The van der Waals surface area contributed by atoms with Crippen molar-refractivity contribution in [2.75, 3.05) is 26.2 Å². The molecule has 1 aromatic heterocycles. The van der Waals surface area contributed by atoms with E-state index in [0.717, 1.165) is 24.1 Å². The topological polar surface area (TPSA) is 86.3 Å². The van der Waals surface area contributed by atoms with Crippen LogP contribution in [0.15, 0.2) is 47.0 Å². The Labute approximate surface area is 214 Å². The number of rotatable bonds is 4. The molecular weight excluding hydrogens is 476 g/mol. The van der Waals surface area contributed by atoms with Crippen LogP contribution in [0, 0.1) is 28.9 Å². The summed E-state index contributed by atoms with van der Waals surface area (Å²) in [5.41, 5.74) is 2.02. The number of nitriles is 1. The average Bonchev–Trinajstić information content (AvgIpc) is 3.42. The molecule has 3 heterocycles. The van der Waals surface area contributed by atoms with E-state index in [4.69, 9.17) is 4.52 Å². The number of carbonyl (C=O) groups excluding carboxylic acids is 1. The first-order valence-corrected chi connectivity index (χ1v) is 12.8. The fourth-order valence-electron chi connectivity index (χ4n) is 5.32. The van der Waals surface area contributed by atoms with E-state index >= 15 is 0 Å².